The third-order valence-corrected chi connectivity index (χ3v) is 3.84. The quantitative estimate of drug-likeness (QED) is 0.507. The largest absolute Gasteiger partial charge is 0.466 e. The van der Waals surface area contributed by atoms with Crippen molar-refractivity contribution in [1.29, 1.82) is 0 Å². The predicted molar refractivity (Wildman–Crippen MR) is 96.3 cm³/mol. The van der Waals surface area contributed by atoms with Crippen LogP contribution in [0, 0.1) is 0 Å². The molecule has 0 atom stereocenters. The monoisotopic (exact) mass is 338 g/mol. The van der Waals surface area contributed by atoms with Crippen molar-refractivity contribution in [2.24, 2.45) is 0 Å². The number of rotatable bonds is 9. The molecule has 2 aromatic rings. The Morgan fingerprint density at radius 1 is 0.800 bits per heavy atom. The molecule has 0 heterocycles. The molecule has 0 aliphatic rings. The van der Waals surface area contributed by atoms with Gasteiger partial charge in [-0.15, -0.1) is 0 Å². The molecule has 0 N–H and O–H groups in total. The summed E-state index contributed by atoms with van der Waals surface area (Å²) in [5, 5.41) is 0. The number of Topliss-reactive ketones (excluding diaryl/α,β-unsaturated/α-hetero) is 2. The molecule has 0 radical (unpaired) electrons. The van der Waals surface area contributed by atoms with Crippen LogP contribution in [0.25, 0.3) is 11.1 Å². The number of carbonyl (C=O) groups excluding carboxylic acids is 3. The van der Waals surface area contributed by atoms with Gasteiger partial charge in [-0.3, -0.25) is 14.4 Å². The first-order valence-corrected chi connectivity index (χ1v) is 8.46. The highest BCUT2D eigenvalue weighted by atomic mass is 16.5. The summed E-state index contributed by atoms with van der Waals surface area (Å²) in [4.78, 5) is 35.4. The van der Waals surface area contributed by atoms with Gasteiger partial charge >= 0.3 is 5.97 Å². The van der Waals surface area contributed by atoms with E-state index in [0.29, 0.717) is 12.2 Å². The normalized spacial score (nSPS) is 10.3. The summed E-state index contributed by atoms with van der Waals surface area (Å²) < 4.78 is 4.78. The number of ketones is 2. The van der Waals surface area contributed by atoms with E-state index < -0.39 is 0 Å². The van der Waals surface area contributed by atoms with Crippen LogP contribution in [0.3, 0.4) is 0 Å². The average molecular weight is 338 g/mol. The summed E-state index contributed by atoms with van der Waals surface area (Å²) in [6.45, 7) is 2.03. The van der Waals surface area contributed by atoms with Crippen LogP contribution in [-0.4, -0.2) is 24.1 Å². The Bertz CT molecular complexity index is 735. The minimum absolute atomic E-state index is 0.0673. The van der Waals surface area contributed by atoms with Gasteiger partial charge in [0.1, 0.15) is 5.78 Å². The van der Waals surface area contributed by atoms with Crippen LogP contribution < -0.4 is 0 Å². The third-order valence-electron chi connectivity index (χ3n) is 3.84. The Balaban J connectivity index is 1.89. The van der Waals surface area contributed by atoms with Crippen LogP contribution in [0.1, 0.15) is 43.0 Å². The highest BCUT2D eigenvalue weighted by molar-refractivity contribution is 5.99. The van der Waals surface area contributed by atoms with E-state index in [0.717, 1.165) is 11.1 Å². The smallest absolute Gasteiger partial charge is 0.306 e. The molecule has 0 bridgehead atoms. The Hall–Kier alpha value is -2.75. The molecule has 0 spiro atoms. The third kappa shape index (κ3) is 5.99. The van der Waals surface area contributed by atoms with Crippen molar-refractivity contribution >= 4 is 17.5 Å². The van der Waals surface area contributed by atoms with E-state index in [1.54, 1.807) is 13.0 Å². The number of ether oxygens (including phenoxy) is 1. The summed E-state index contributed by atoms with van der Waals surface area (Å²) in [6.07, 6.45) is 0.494. The second-order valence-electron chi connectivity index (χ2n) is 5.71. The molecule has 0 aliphatic heterocycles. The van der Waals surface area contributed by atoms with E-state index in [4.69, 9.17) is 4.74 Å². The fraction of sp³-hybridized carbons (Fsp3) is 0.286. The van der Waals surface area contributed by atoms with E-state index in [2.05, 4.69) is 0 Å². The lowest BCUT2D eigenvalue weighted by Crippen LogP contribution is -2.09. The lowest BCUT2D eigenvalue weighted by atomic mass is 9.98. The van der Waals surface area contributed by atoms with Gasteiger partial charge in [0.05, 0.1) is 13.0 Å². The minimum atomic E-state index is -0.377. The molecule has 2 aromatic carbocycles. The number of benzene rings is 2. The molecule has 0 aliphatic carbocycles. The zero-order chi connectivity index (χ0) is 18.1. The van der Waals surface area contributed by atoms with Gasteiger partial charge in [0.25, 0.3) is 0 Å². The molecule has 0 aromatic heterocycles. The molecule has 0 saturated carbocycles. The Morgan fingerprint density at radius 3 is 2.20 bits per heavy atom. The Morgan fingerprint density at radius 2 is 1.48 bits per heavy atom. The van der Waals surface area contributed by atoms with E-state index in [-0.39, 0.29) is 43.2 Å². The van der Waals surface area contributed by atoms with Crippen LogP contribution in [0.15, 0.2) is 54.6 Å². The highest BCUT2D eigenvalue weighted by Crippen LogP contribution is 2.21. The van der Waals surface area contributed by atoms with Gasteiger partial charge in [-0.1, -0.05) is 48.5 Å². The molecule has 4 heteroatoms. The van der Waals surface area contributed by atoms with Crippen LogP contribution in [-0.2, 0) is 14.3 Å². The Labute approximate surface area is 147 Å². The first kappa shape index (κ1) is 18.6. The van der Waals surface area contributed by atoms with E-state index in [9.17, 15) is 14.4 Å². The van der Waals surface area contributed by atoms with Crippen LogP contribution >= 0.6 is 0 Å². The van der Waals surface area contributed by atoms with Crippen molar-refractivity contribution in [1.82, 2.24) is 0 Å². The molecular weight excluding hydrogens is 316 g/mol. The van der Waals surface area contributed by atoms with Gasteiger partial charge in [0.15, 0.2) is 5.78 Å². The number of hydrogen-bond donors (Lipinski definition) is 0. The molecule has 0 unspecified atom stereocenters. The lowest BCUT2D eigenvalue weighted by molar-refractivity contribution is -0.144. The molecule has 25 heavy (non-hydrogen) atoms. The molecule has 0 amide bonds. The summed E-state index contributed by atoms with van der Waals surface area (Å²) in [5.74, 6) is -0.541. The van der Waals surface area contributed by atoms with E-state index in [1.165, 1.54) is 0 Å². The van der Waals surface area contributed by atoms with Gasteiger partial charge in [-0.2, -0.15) is 0 Å². The average Bonchev–Trinajstić information content (AvgIpc) is 2.65. The fourth-order valence-corrected chi connectivity index (χ4v) is 2.50. The van der Waals surface area contributed by atoms with E-state index >= 15 is 0 Å². The van der Waals surface area contributed by atoms with Gasteiger partial charge in [-0.25, -0.2) is 0 Å². The second kappa shape index (κ2) is 9.52. The summed E-state index contributed by atoms with van der Waals surface area (Å²) in [7, 11) is 0. The van der Waals surface area contributed by atoms with Gasteiger partial charge in [0.2, 0.25) is 0 Å². The maximum atomic E-state index is 12.3. The Kier molecular flexibility index (Phi) is 7.08. The van der Waals surface area contributed by atoms with Crippen molar-refractivity contribution < 1.29 is 19.1 Å². The zero-order valence-electron chi connectivity index (χ0n) is 14.4. The summed E-state index contributed by atoms with van der Waals surface area (Å²) >= 11 is 0. The molecule has 0 fully saturated rings. The first-order valence-electron chi connectivity index (χ1n) is 8.46. The van der Waals surface area contributed by atoms with Crippen molar-refractivity contribution in [3.8, 4) is 11.1 Å². The zero-order valence-corrected chi connectivity index (χ0v) is 14.4. The van der Waals surface area contributed by atoms with E-state index in [1.807, 2.05) is 48.5 Å². The summed E-state index contributed by atoms with van der Waals surface area (Å²) in [5.41, 5.74) is 2.61. The second-order valence-corrected chi connectivity index (χ2v) is 5.71. The molecular formula is C21H22O4. The maximum Gasteiger partial charge on any atom is 0.306 e. The fourth-order valence-electron chi connectivity index (χ4n) is 2.50. The summed E-state index contributed by atoms with van der Waals surface area (Å²) in [6, 6.07) is 17.2. The molecule has 4 nitrogen and oxygen atoms in total. The number of carbonyl (C=O) groups is 3. The molecule has 2 rings (SSSR count). The topological polar surface area (TPSA) is 60.4 Å². The van der Waals surface area contributed by atoms with Gasteiger partial charge in [0, 0.05) is 24.8 Å². The predicted octanol–water partition coefficient (Wildman–Crippen LogP) is 4.23. The van der Waals surface area contributed by atoms with Gasteiger partial charge < -0.3 is 4.74 Å². The van der Waals surface area contributed by atoms with Crippen molar-refractivity contribution in [3.63, 3.8) is 0 Å². The highest BCUT2D eigenvalue weighted by Gasteiger charge is 2.12. The van der Waals surface area contributed by atoms with Crippen LogP contribution in [0.4, 0.5) is 0 Å². The van der Waals surface area contributed by atoms with Crippen molar-refractivity contribution in [2.45, 2.75) is 32.6 Å². The van der Waals surface area contributed by atoms with Crippen LogP contribution in [0.2, 0.25) is 0 Å². The SMILES string of the molecule is CCOC(=O)CCC(=O)CCC(=O)c1cccc(-c2ccccc2)c1. The first-order chi connectivity index (χ1) is 12.1. The van der Waals surface area contributed by atoms with Gasteiger partial charge in [-0.05, 0) is 24.1 Å². The molecule has 130 valence electrons. The maximum absolute atomic E-state index is 12.3. The number of esters is 1. The lowest BCUT2D eigenvalue weighted by Gasteiger charge is -2.05. The van der Waals surface area contributed by atoms with Crippen molar-refractivity contribution in [3.05, 3.63) is 60.2 Å². The van der Waals surface area contributed by atoms with Crippen LogP contribution in [0.5, 0.6) is 0 Å². The standard InChI is InChI=1S/C21H22O4/c1-2-25-21(24)14-12-19(22)11-13-20(23)18-10-6-9-17(15-18)16-7-4-3-5-8-16/h3-10,15H,2,11-14H2,1H3. The minimum Gasteiger partial charge on any atom is -0.466 e. The number of hydrogen-bond acceptors (Lipinski definition) is 4. The van der Waals surface area contributed by atoms with Crippen molar-refractivity contribution in [2.75, 3.05) is 6.61 Å². The molecule has 0 saturated heterocycles.